The van der Waals surface area contributed by atoms with Crippen molar-refractivity contribution in [1.29, 1.82) is 0 Å². The SMILES string of the molecule is C[C@H](N)C(=O)Nc1ccc2nc3ccccc3cc2c1-c1ccccc1. The maximum absolute atomic E-state index is 12.2. The first-order valence-electron chi connectivity index (χ1n) is 8.58. The van der Waals surface area contributed by atoms with Gasteiger partial charge in [0.2, 0.25) is 5.91 Å². The minimum absolute atomic E-state index is 0.213. The molecule has 0 fully saturated rings. The standard InChI is InChI=1S/C22H19N3O/c1-14(23)22(26)25-20-12-11-19-17(21(20)15-7-3-2-4-8-15)13-16-9-5-6-10-18(16)24-19/h2-14H,23H2,1H3,(H,25,26)/t14-/m0/s1. The summed E-state index contributed by atoms with van der Waals surface area (Å²) in [6.07, 6.45) is 0. The van der Waals surface area contributed by atoms with Crippen LogP contribution in [0.25, 0.3) is 32.9 Å². The molecule has 0 aliphatic rings. The molecule has 0 spiro atoms. The van der Waals surface area contributed by atoms with Crippen molar-refractivity contribution in [3.05, 3.63) is 72.8 Å². The normalized spacial score (nSPS) is 12.2. The fourth-order valence-electron chi connectivity index (χ4n) is 3.12. The van der Waals surface area contributed by atoms with Crippen LogP contribution < -0.4 is 11.1 Å². The van der Waals surface area contributed by atoms with Gasteiger partial charge in [0.25, 0.3) is 0 Å². The summed E-state index contributed by atoms with van der Waals surface area (Å²) >= 11 is 0. The number of nitrogens with one attached hydrogen (secondary N) is 1. The molecule has 4 aromatic rings. The molecule has 1 aromatic heterocycles. The van der Waals surface area contributed by atoms with Crippen LogP contribution in [0.1, 0.15) is 6.92 Å². The Labute approximate surface area is 151 Å². The van der Waals surface area contributed by atoms with Gasteiger partial charge < -0.3 is 11.1 Å². The second-order valence-electron chi connectivity index (χ2n) is 6.38. The van der Waals surface area contributed by atoms with Gasteiger partial charge in [0.05, 0.1) is 17.1 Å². The number of nitrogens with two attached hydrogens (primary N) is 1. The molecule has 1 amide bonds. The number of anilines is 1. The zero-order valence-electron chi connectivity index (χ0n) is 14.4. The van der Waals surface area contributed by atoms with Crippen molar-refractivity contribution < 1.29 is 4.79 Å². The number of para-hydroxylation sites is 1. The largest absolute Gasteiger partial charge is 0.324 e. The van der Waals surface area contributed by atoms with Crippen LogP contribution in [0.4, 0.5) is 5.69 Å². The van der Waals surface area contributed by atoms with Crippen LogP contribution in [0.15, 0.2) is 72.8 Å². The van der Waals surface area contributed by atoms with Gasteiger partial charge in [0.1, 0.15) is 0 Å². The van der Waals surface area contributed by atoms with Crippen molar-refractivity contribution in [2.45, 2.75) is 13.0 Å². The van der Waals surface area contributed by atoms with Crippen LogP contribution in [-0.2, 0) is 4.79 Å². The van der Waals surface area contributed by atoms with E-state index in [-0.39, 0.29) is 5.91 Å². The van der Waals surface area contributed by atoms with Gasteiger partial charge >= 0.3 is 0 Å². The van der Waals surface area contributed by atoms with E-state index in [9.17, 15) is 4.79 Å². The average Bonchev–Trinajstić information content (AvgIpc) is 2.67. The summed E-state index contributed by atoms with van der Waals surface area (Å²) in [7, 11) is 0. The molecule has 0 saturated carbocycles. The second kappa shape index (κ2) is 6.58. The van der Waals surface area contributed by atoms with Crippen molar-refractivity contribution in [2.24, 2.45) is 5.73 Å². The lowest BCUT2D eigenvalue weighted by Crippen LogP contribution is -2.32. The third-order valence-corrected chi connectivity index (χ3v) is 4.43. The van der Waals surface area contributed by atoms with E-state index in [4.69, 9.17) is 10.7 Å². The molecule has 0 radical (unpaired) electrons. The van der Waals surface area contributed by atoms with Gasteiger partial charge in [-0.25, -0.2) is 4.98 Å². The number of hydrogen-bond acceptors (Lipinski definition) is 3. The maximum atomic E-state index is 12.2. The Kier molecular flexibility index (Phi) is 4.11. The quantitative estimate of drug-likeness (QED) is 0.545. The molecule has 4 rings (SSSR count). The molecule has 4 heteroatoms. The topological polar surface area (TPSA) is 68.0 Å². The van der Waals surface area contributed by atoms with Crippen LogP contribution in [-0.4, -0.2) is 16.9 Å². The molecule has 128 valence electrons. The molecule has 0 aliphatic carbocycles. The summed E-state index contributed by atoms with van der Waals surface area (Å²) in [6, 6.07) is 23.4. The zero-order chi connectivity index (χ0) is 18.1. The Morgan fingerprint density at radius 2 is 1.69 bits per heavy atom. The summed E-state index contributed by atoms with van der Waals surface area (Å²) in [4.78, 5) is 17.0. The van der Waals surface area contributed by atoms with Gasteiger partial charge in [-0.15, -0.1) is 0 Å². The molecule has 4 nitrogen and oxygen atoms in total. The highest BCUT2D eigenvalue weighted by molar-refractivity contribution is 6.09. The highest BCUT2D eigenvalue weighted by atomic mass is 16.2. The Morgan fingerprint density at radius 3 is 2.46 bits per heavy atom. The molecular weight excluding hydrogens is 322 g/mol. The van der Waals surface area contributed by atoms with Crippen molar-refractivity contribution >= 4 is 33.4 Å². The van der Waals surface area contributed by atoms with E-state index in [2.05, 4.69) is 11.4 Å². The van der Waals surface area contributed by atoms with E-state index in [0.717, 1.165) is 38.6 Å². The van der Waals surface area contributed by atoms with E-state index >= 15 is 0 Å². The fourth-order valence-corrected chi connectivity index (χ4v) is 3.12. The van der Waals surface area contributed by atoms with Gasteiger partial charge in [-0.3, -0.25) is 4.79 Å². The lowest BCUT2D eigenvalue weighted by atomic mass is 9.97. The molecule has 0 unspecified atom stereocenters. The highest BCUT2D eigenvalue weighted by Crippen LogP contribution is 2.36. The zero-order valence-corrected chi connectivity index (χ0v) is 14.4. The Bertz CT molecular complexity index is 1100. The molecule has 26 heavy (non-hydrogen) atoms. The Hall–Kier alpha value is -3.24. The monoisotopic (exact) mass is 341 g/mol. The lowest BCUT2D eigenvalue weighted by Gasteiger charge is -2.16. The summed E-state index contributed by atoms with van der Waals surface area (Å²) in [5, 5.41) is 5.02. The fraction of sp³-hybridized carbons (Fsp3) is 0.0909. The Morgan fingerprint density at radius 1 is 0.962 bits per heavy atom. The average molecular weight is 341 g/mol. The number of amides is 1. The summed E-state index contributed by atoms with van der Waals surface area (Å²) in [5.41, 5.74) is 10.3. The molecule has 3 aromatic carbocycles. The molecule has 0 saturated heterocycles. The minimum Gasteiger partial charge on any atom is -0.324 e. The van der Waals surface area contributed by atoms with Gasteiger partial charge in [-0.2, -0.15) is 0 Å². The minimum atomic E-state index is -0.580. The molecule has 0 aliphatic heterocycles. The first-order valence-corrected chi connectivity index (χ1v) is 8.58. The van der Waals surface area contributed by atoms with Crippen molar-refractivity contribution in [3.8, 4) is 11.1 Å². The number of carbonyl (C=O) groups is 1. The predicted molar refractivity (Wildman–Crippen MR) is 107 cm³/mol. The lowest BCUT2D eigenvalue weighted by molar-refractivity contribution is -0.117. The van der Waals surface area contributed by atoms with Crippen molar-refractivity contribution in [3.63, 3.8) is 0 Å². The number of carbonyl (C=O) groups excluding carboxylic acids is 1. The van der Waals surface area contributed by atoms with Crippen LogP contribution in [0, 0.1) is 0 Å². The number of benzene rings is 3. The molecular formula is C22H19N3O. The highest BCUT2D eigenvalue weighted by Gasteiger charge is 2.15. The second-order valence-corrected chi connectivity index (χ2v) is 6.38. The van der Waals surface area contributed by atoms with Crippen LogP contribution in [0.2, 0.25) is 0 Å². The number of nitrogens with zero attached hydrogens (tertiary/aromatic N) is 1. The third kappa shape index (κ3) is 2.91. The van der Waals surface area contributed by atoms with E-state index in [1.807, 2.05) is 66.7 Å². The third-order valence-electron chi connectivity index (χ3n) is 4.43. The van der Waals surface area contributed by atoms with Gasteiger partial charge in [-0.05, 0) is 36.8 Å². The number of fused-ring (bicyclic) bond motifs is 2. The van der Waals surface area contributed by atoms with E-state index < -0.39 is 6.04 Å². The van der Waals surface area contributed by atoms with Crippen LogP contribution in [0.5, 0.6) is 0 Å². The van der Waals surface area contributed by atoms with Crippen LogP contribution in [0.3, 0.4) is 0 Å². The first kappa shape index (κ1) is 16.2. The molecule has 1 heterocycles. The molecule has 3 N–H and O–H groups in total. The number of pyridine rings is 1. The van der Waals surface area contributed by atoms with Crippen molar-refractivity contribution in [1.82, 2.24) is 4.98 Å². The predicted octanol–water partition coefficient (Wildman–Crippen LogP) is 4.34. The summed E-state index contributed by atoms with van der Waals surface area (Å²) in [5.74, 6) is -0.213. The van der Waals surface area contributed by atoms with Gasteiger partial charge in [0.15, 0.2) is 0 Å². The maximum Gasteiger partial charge on any atom is 0.241 e. The van der Waals surface area contributed by atoms with E-state index in [1.165, 1.54) is 0 Å². The van der Waals surface area contributed by atoms with Crippen molar-refractivity contribution in [2.75, 3.05) is 5.32 Å². The molecule has 1 atom stereocenters. The Balaban J connectivity index is 2.01. The van der Waals surface area contributed by atoms with E-state index in [0.29, 0.717) is 0 Å². The molecule has 0 bridgehead atoms. The summed E-state index contributed by atoms with van der Waals surface area (Å²) < 4.78 is 0. The van der Waals surface area contributed by atoms with Gasteiger partial charge in [0, 0.05) is 22.0 Å². The first-order chi connectivity index (χ1) is 12.6. The number of hydrogen-bond donors (Lipinski definition) is 2. The van der Waals surface area contributed by atoms with Gasteiger partial charge in [-0.1, -0.05) is 48.5 Å². The smallest absolute Gasteiger partial charge is 0.241 e. The van der Waals surface area contributed by atoms with E-state index in [1.54, 1.807) is 6.92 Å². The van der Waals surface area contributed by atoms with Crippen LogP contribution >= 0.6 is 0 Å². The number of aromatic nitrogens is 1. The number of rotatable bonds is 3. The summed E-state index contributed by atoms with van der Waals surface area (Å²) in [6.45, 7) is 1.67.